The van der Waals surface area contributed by atoms with Crippen molar-refractivity contribution >= 4 is 5.91 Å². The predicted molar refractivity (Wildman–Crippen MR) is 66.2 cm³/mol. The summed E-state index contributed by atoms with van der Waals surface area (Å²) in [5, 5.41) is 23.3. The molecular weight excluding hydrogens is 218 g/mol. The van der Waals surface area contributed by atoms with Gasteiger partial charge < -0.3 is 15.7 Å². The van der Waals surface area contributed by atoms with Gasteiger partial charge in [0.05, 0.1) is 19.0 Å². The van der Waals surface area contributed by atoms with Crippen LogP contribution in [0.15, 0.2) is 0 Å². The van der Waals surface area contributed by atoms with Crippen LogP contribution in [0, 0.1) is 16.7 Å². The molecule has 1 amide bonds. The van der Waals surface area contributed by atoms with Crippen molar-refractivity contribution in [3.8, 4) is 6.07 Å². The summed E-state index contributed by atoms with van der Waals surface area (Å²) < 4.78 is 0. The first kappa shape index (κ1) is 15.9. The van der Waals surface area contributed by atoms with Crippen molar-refractivity contribution in [2.24, 2.45) is 5.41 Å². The topological polar surface area (TPSA) is 85.2 Å². The highest BCUT2D eigenvalue weighted by Gasteiger charge is 2.24. The van der Waals surface area contributed by atoms with E-state index in [0.29, 0.717) is 19.5 Å². The van der Waals surface area contributed by atoms with E-state index >= 15 is 0 Å². The molecule has 0 aromatic heterocycles. The lowest BCUT2D eigenvalue weighted by Gasteiger charge is -2.29. The van der Waals surface area contributed by atoms with E-state index in [1.165, 1.54) is 0 Å². The summed E-state index contributed by atoms with van der Waals surface area (Å²) in [4.78, 5) is 11.3. The van der Waals surface area contributed by atoms with E-state index in [2.05, 4.69) is 10.6 Å². The first-order chi connectivity index (χ1) is 8.14. The van der Waals surface area contributed by atoms with E-state index < -0.39 is 0 Å². The van der Waals surface area contributed by atoms with Crippen LogP contribution in [0.3, 0.4) is 0 Å². The number of hydrogen-bond donors (Lipinski definition) is 3. The Kier molecular flexibility index (Phi) is 8.38. The largest absolute Gasteiger partial charge is 0.396 e. The lowest BCUT2D eigenvalue weighted by Crippen LogP contribution is -2.41. The van der Waals surface area contributed by atoms with Crippen LogP contribution >= 0.6 is 0 Å². The Labute approximate surface area is 103 Å². The number of nitrogens with one attached hydrogen (secondary N) is 2. The quantitative estimate of drug-likeness (QED) is 0.510. The molecule has 0 bridgehead atoms. The van der Waals surface area contributed by atoms with Crippen LogP contribution in [0.5, 0.6) is 0 Å². The van der Waals surface area contributed by atoms with Gasteiger partial charge in [0.1, 0.15) is 0 Å². The lowest BCUT2D eigenvalue weighted by atomic mass is 9.83. The summed E-state index contributed by atoms with van der Waals surface area (Å²) in [5.74, 6) is -0.112. The molecule has 0 aliphatic rings. The van der Waals surface area contributed by atoms with E-state index in [1.54, 1.807) is 0 Å². The average Bonchev–Trinajstić information content (AvgIpc) is 2.36. The average molecular weight is 241 g/mol. The van der Waals surface area contributed by atoms with Crippen molar-refractivity contribution in [2.45, 2.75) is 33.1 Å². The number of rotatable bonds is 9. The molecule has 17 heavy (non-hydrogen) atoms. The molecule has 0 unspecified atom stereocenters. The maximum Gasteiger partial charge on any atom is 0.233 e. The molecule has 0 radical (unpaired) electrons. The summed E-state index contributed by atoms with van der Waals surface area (Å²) in [5.41, 5.74) is -0.132. The Morgan fingerprint density at radius 1 is 1.41 bits per heavy atom. The standard InChI is InChI=1S/C12H23N3O2/c1-3-12(4-2,10-16)9-14-8-11(17)15-7-5-6-13/h14,16H,3-5,7-10H2,1-2H3,(H,15,17). The molecule has 0 aliphatic heterocycles. The van der Waals surface area contributed by atoms with Gasteiger partial charge in [-0.25, -0.2) is 0 Å². The second kappa shape index (κ2) is 8.97. The van der Waals surface area contributed by atoms with Gasteiger partial charge in [-0.1, -0.05) is 13.8 Å². The van der Waals surface area contributed by atoms with Crippen molar-refractivity contribution in [1.82, 2.24) is 10.6 Å². The Hall–Kier alpha value is -1.12. The van der Waals surface area contributed by atoms with Gasteiger partial charge in [0.2, 0.25) is 5.91 Å². The minimum Gasteiger partial charge on any atom is -0.396 e. The third kappa shape index (κ3) is 6.25. The molecule has 0 saturated carbocycles. The molecule has 0 saturated heterocycles. The number of carbonyl (C=O) groups is 1. The van der Waals surface area contributed by atoms with Crippen molar-refractivity contribution in [3.63, 3.8) is 0 Å². The maximum atomic E-state index is 11.3. The van der Waals surface area contributed by atoms with E-state index in [0.717, 1.165) is 12.8 Å². The minimum absolute atomic E-state index is 0.112. The molecule has 0 aromatic rings. The van der Waals surface area contributed by atoms with Crippen LogP contribution in [-0.4, -0.2) is 37.3 Å². The van der Waals surface area contributed by atoms with Gasteiger partial charge in [0, 0.05) is 25.1 Å². The van der Waals surface area contributed by atoms with E-state index in [1.807, 2.05) is 19.9 Å². The molecule has 0 aliphatic carbocycles. The fraction of sp³-hybridized carbons (Fsp3) is 0.833. The van der Waals surface area contributed by atoms with E-state index in [9.17, 15) is 9.90 Å². The Bertz CT molecular complexity index is 249. The first-order valence-corrected chi connectivity index (χ1v) is 6.09. The number of nitriles is 1. The van der Waals surface area contributed by atoms with Gasteiger partial charge in [-0.15, -0.1) is 0 Å². The molecule has 3 N–H and O–H groups in total. The van der Waals surface area contributed by atoms with Crippen molar-refractivity contribution < 1.29 is 9.90 Å². The summed E-state index contributed by atoms with van der Waals surface area (Å²) in [7, 11) is 0. The van der Waals surface area contributed by atoms with Crippen LogP contribution in [0.25, 0.3) is 0 Å². The maximum absolute atomic E-state index is 11.3. The van der Waals surface area contributed by atoms with Gasteiger partial charge in [-0.2, -0.15) is 5.26 Å². The van der Waals surface area contributed by atoms with Crippen LogP contribution < -0.4 is 10.6 Å². The zero-order valence-corrected chi connectivity index (χ0v) is 10.8. The lowest BCUT2D eigenvalue weighted by molar-refractivity contribution is -0.120. The third-order valence-electron chi connectivity index (χ3n) is 3.18. The van der Waals surface area contributed by atoms with Crippen LogP contribution in [0.2, 0.25) is 0 Å². The number of aliphatic hydroxyl groups excluding tert-OH is 1. The van der Waals surface area contributed by atoms with Crippen LogP contribution in [0.4, 0.5) is 0 Å². The van der Waals surface area contributed by atoms with Crippen LogP contribution in [-0.2, 0) is 4.79 Å². The second-order valence-corrected chi connectivity index (χ2v) is 4.23. The summed E-state index contributed by atoms with van der Waals surface area (Å²) >= 11 is 0. The van der Waals surface area contributed by atoms with Crippen molar-refractivity contribution in [2.75, 3.05) is 26.2 Å². The zero-order valence-electron chi connectivity index (χ0n) is 10.8. The highest BCUT2D eigenvalue weighted by molar-refractivity contribution is 5.77. The smallest absolute Gasteiger partial charge is 0.233 e. The molecular formula is C12H23N3O2. The Morgan fingerprint density at radius 2 is 2.06 bits per heavy atom. The van der Waals surface area contributed by atoms with E-state index in [-0.39, 0.29) is 24.5 Å². The molecule has 0 aromatic carbocycles. The molecule has 5 heteroatoms. The van der Waals surface area contributed by atoms with Gasteiger partial charge >= 0.3 is 0 Å². The van der Waals surface area contributed by atoms with Gasteiger partial charge in [0.15, 0.2) is 0 Å². The summed E-state index contributed by atoms with van der Waals surface area (Å²) in [6, 6.07) is 1.96. The minimum atomic E-state index is -0.132. The fourth-order valence-electron chi connectivity index (χ4n) is 1.54. The number of carbonyl (C=O) groups excluding carboxylic acids is 1. The van der Waals surface area contributed by atoms with Crippen molar-refractivity contribution in [3.05, 3.63) is 0 Å². The zero-order chi connectivity index (χ0) is 13.1. The monoisotopic (exact) mass is 241 g/mol. The highest BCUT2D eigenvalue weighted by atomic mass is 16.3. The van der Waals surface area contributed by atoms with Gasteiger partial charge in [-0.05, 0) is 12.8 Å². The van der Waals surface area contributed by atoms with Gasteiger partial charge in [-0.3, -0.25) is 4.79 Å². The van der Waals surface area contributed by atoms with Gasteiger partial charge in [0.25, 0.3) is 0 Å². The number of amides is 1. The molecule has 0 spiro atoms. The first-order valence-electron chi connectivity index (χ1n) is 6.09. The summed E-state index contributed by atoms with van der Waals surface area (Å²) in [6.07, 6.45) is 2.09. The van der Waals surface area contributed by atoms with Crippen molar-refractivity contribution in [1.29, 1.82) is 5.26 Å². The Balaban J connectivity index is 3.81. The predicted octanol–water partition coefficient (Wildman–Crippen LogP) is 0.405. The SMILES string of the molecule is CCC(CC)(CO)CNCC(=O)NCCC#N. The third-order valence-corrected chi connectivity index (χ3v) is 3.18. The summed E-state index contributed by atoms with van der Waals surface area (Å²) in [6.45, 7) is 5.45. The number of aliphatic hydroxyl groups is 1. The van der Waals surface area contributed by atoms with Crippen LogP contribution in [0.1, 0.15) is 33.1 Å². The molecule has 98 valence electrons. The molecule has 0 heterocycles. The molecule has 0 fully saturated rings. The number of hydrogen-bond acceptors (Lipinski definition) is 4. The normalized spacial score (nSPS) is 10.9. The Morgan fingerprint density at radius 3 is 2.53 bits per heavy atom. The molecule has 0 atom stereocenters. The molecule has 0 rings (SSSR count). The fourth-order valence-corrected chi connectivity index (χ4v) is 1.54. The van der Waals surface area contributed by atoms with E-state index in [4.69, 9.17) is 5.26 Å². The molecule has 5 nitrogen and oxygen atoms in total. The number of nitrogens with zero attached hydrogens (tertiary/aromatic N) is 1. The highest BCUT2D eigenvalue weighted by Crippen LogP contribution is 2.24. The second-order valence-electron chi connectivity index (χ2n) is 4.23.